The molecule has 1 amide bonds. The fraction of sp³-hybridized carbons (Fsp3) is 0.611. The Bertz CT molecular complexity index is 519. The first-order valence-electron chi connectivity index (χ1n) is 8.38. The molecule has 1 unspecified atom stereocenters. The predicted octanol–water partition coefficient (Wildman–Crippen LogP) is 2.69. The molecular formula is C18H29ClN2O3. The minimum atomic E-state index is 0. The lowest BCUT2D eigenvalue weighted by Gasteiger charge is -2.30. The summed E-state index contributed by atoms with van der Waals surface area (Å²) in [6.07, 6.45) is 6.44. The zero-order chi connectivity index (χ0) is 16.7. The van der Waals surface area contributed by atoms with Crippen molar-refractivity contribution >= 4 is 18.3 Å². The maximum absolute atomic E-state index is 12.3. The Labute approximate surface area is 150 Å². The smallest absolute Gasteiger partial charge is 0.224 e. The number of carbonyl (C=O) groups is 1. The quantitative estimate of drug-likeness (QED) is 0.787. The Morgan fingerprint density at radius 3 is 2.46 bits per heavy atom. The van der Waals surface area contributed by atoms with E-state index in [1.165, 1.54) is 32.1 Å². The van der Waals surface area contributed by atoms with E-state index in [4.69, 9.17) is 15.2 Å². The van der Waals surface area contributed by atoms with Crippen LogP contribution in [0.5, 0.6) is 11.5 Å². The molecule has 0 spiro atoms. The van der Waals surface area contributed by atoms with Crippen molar-refractivity contribution in [3.63, 3.8) is 0 Å². The van der Waals surface area contributed by atoms with Crippen molar-refractivity contribution in [3.05, 3.63) is 23.8 Å². The van der Waals surface area contributed by atoms with E-state index in [1.807, 2.05) is 18.2 Å². The predicted molar refractivity (Wildman–Crippen MR) is 98.1 cm³/mol. The summed E-state index contributed by atoms with van der Waals surface area (Å²) < 4.78 is 10.5. The molecule has 0 radical (unpaired) electrons. The van der Waals surface area contributed by atoms with Gasteiger partial charge in [0.2, 0.25) is 5.91 Å². The minimum absolute atomic E-state index is 0. The first-order chi connectivity index (χ1) is 11.2. The van der Waals surface area contributed by atoms with E-state index in [9.17, 15) is 4.79 Å². The molecule has 6 heteroatoms. The van der Waals surface area contributed by atoms with Crippen LogP contribution in [0.15, 0.2) is 18.2 Å². The van der Waals surface area contributed by atoms with Crippen LogP contribution in [0.3, 0.4) is 0 Å². The lowest BCUT2D eigenvalue weighted by atomic mass is 9.84. The molecule has 1 aliphatic carbocycles. The summed E-state index contributed by atoms with van der Waals surface area (Å²) in [7, 11) is 3.19. The van der Waals surface area contributed by atoms with Crippen molar-refractivity contribution in [3.8, 4) is 11.5 Å². The fourth-order valence-electron chi connectivity index (χ4n) is 3.34. The van der Waals surface area contributed by atoms with Crippen molar-refractivity contribution in [2.45, 2.75) is 44.6 Å². The normalized spacial score (nSPS) is 16.0. The van der Waals surface area contributed by atoms with Crippen molar-refractivity contribution in [1.82, 2.24) is 5.32 Å². The second-order valence-electron chi connectivity index (χ2n) is 6.17. The standard InChI is InChI=1S/C18H28N2O3.ClH/c1-22-16-9-8-13(10-17(16)23-2)11-18(21)20-15(12-19)14-6-4-3-5-7-14;/h8-10,14-15H,3-7,11-12,19H2,1-2H3,(H,20,21);1H. The van der Waals surface area contributed by atoms with Crippen LogP contribution in [-0.4, -0.2) is 32.7 Å². The largest absolute Gasteiger partial charge is 0.493 e. The number of nitrogens with one attached hydrogen (secondary N) is 1. The highest BCUT2D eigenvalue weighted by atomic mass is 35.5. The van der Waals surface area contributed by atoms with E-state index in [2.05, 4.69) is 5.32 Å². The Kier molecular flexibility index (Phi) is 8.93. The van der Waals surface area contributed by atoms with Gasteiger partial charge in [0.15, 0.2) is 11.5 Å². The van der Waals surface area contributed by atoms with Crippen LogP contribution in [0, 0.1) is 5.92 Å². The summed E-state index contributed by atoms with van der Waals surface area (Å²) in [5, 5.41) is 3.11. The molecule has 5 nitrogen and oxygen atoms in total. The summed E-state index contributed by atoms with van der Waals surface area (Å²) in [5.74, 6) is 1.83. The molecule has 1 aromatic carbocycles. The SMILES string of the molecule is COc1ccc(CC(=O)NC(CN)C2CCCCC2)cc1OC.Cl. The highest BCUT2D eigenvalue weighted by Gasteiger charge is 2.24. The minimum Gasteiger partial charge on any atom is -0.493 e. The summed E-state index contributed by atoms with van der Waals surface area (Å²) in [6, 6.07) is 5.64. The zero-order valence-corrected chi connectivity index (χ0v) is 15.4. The van der Waals surface area contributed by atoms with Crippen LogP contribution in [0.2, 0.25) is 0 Å². The van der Waals surface area contributed by atoms with Gasteiger partial charge < -0.3 is 20.5 Å². The van der Waals surface area contributed by atoms with Gasteiger partial charge in [-0.25, -0.2) is 0 Å². The van der Waals surface area contributed by atoms with Gasteiger partial charge in [-0.1, -0.05) is 25.3 Å². The maximum atomic E-state index is 12.3. The second kappa shape index (κ2) is 10.4. The van der Waals surface area contributed by atoms with Crippen molar-refractivity contribution in [1.29, 1.82) is 0 Å². The lowest BCUT2D eigenvalue weighted by molar-refractivity contribution is -0.121. The third-order valence-corrected chi connectivity index (χ3v) is 4.63. The van der Waals surface area contributed by atoms with Gasteiger partial charge in [0.25, 0.3) is 0 Å². The molecule has 0 aromatic heterocycles. The fourth-order valence-corrected chi connectivity index (χ4v) is 3.34. The van der Waals surface area contributed by atoms with Gasteiger partial charge in [0.05, 0.1) is 20.6 Å². The van der Waals surface area contributed by atoms with Gasteiger partial charge in [-0.15, -0.1) is 12.4 Å². The molecule has 0 bridgehead atoms. The molecule has 1 atom stereocenters. The van der Waals surface area contributed by atoms with E-state index >= 15 is 0 Å². The van der Waals surface area contributed by atoms with E-state index in [1.54, 1.807) is 14.2 Å². The van der Waals surface area contributed by atoms with Crippen molar-refractivity contribution in [2.75, 3.05) is 20.8 Å². The summed E-state index contributed by atoms with van der Waals surface area (Å²) >= 11 is 0. The van der Waals surface area contributed by atoms with Crippen LogP contribution >= 0.6 is 12.4 Å². The molecule has 1 fully saturated rings. The highest BCUT2D eigenvalue weighted by molar-refractivity contribution is 5.85. The molecule has 0 saturated heterocycles. The van der Waals surface area contributed by atoms with Gasteiger partial charge in [-0.3, -0.25) is 4.79 Å². The average Bonchev–Trinajstić information content (AvgIpc) is 2.60. The van der Waals surface area contributed by atoms with Crippen LogP contribution < -0.4 is 20.5 Å². The lowest BCUT2D eigenvalue weighted by Crippen LogP contribution is -2.46. The van der Waals surface area contributed by atoms with Gasteiger partial charge in [0.1, 0.15) is 0 Å². The van der Waals surface area contributed by atoms with E-state index in [0.717, 1.165) is 5.56 Å². The number of hydrogen-bond donors (Lipinski definition) is 2. The van der Waals surface area contributed by atoms with Gasteiger partial charge in [0, 0.05) is 12.6 Å². The van der Waals surface area contributed by atoms with E-state index in [-0.39, 0.29) is 24.4 Å². The Morgan fingerprint density at radius 2 is 1.88 bits per heavy atom. The molecule has 1 saturated carbocycles. The molecule has 0 aliphatic heterocycles. The number of amides is 1. The molecule has 3 N–H and O–H groups in total. The van der Waals surface area contributed by atoms with Crippen LogP contribution in [-0.2, 0) is 11.2 Å². The molecule has 1 aromatic rings. The Balaban J connectivity index is 0.00000288. The Hall–Kier alpha value is -1.46. The zero-order valence-electron chi connectivity index (χ0n) is 14.5. The first kappa shape index (κ1) is 20.6. The summed E-state index contributed by atoms with van der Waals surface area (Å²) in [5.41, 5.74) is 6.78. The van der Waals surface area contributed by atoms with Gasteiger partial charge >= 0.3 is 0 Å². The van der Waals surface area contributed by atoms with Gasteiger partial charge in [-0.05, 0) is 36.5 Å². The number of carbonyl (C=O) groups excluding carboxylic acids is 1. The number of hydrogen-bond acceptors (Lipinski definition) is 4. The van der Waals surface area contributed by atoms with E-state index < -0.39 is 0 Å². The summed E-state index contributed by atoms with van der Waals surface area (Å²) in [4.78, 5) is 12.3. The molecule has 136 valence electrons. The average molecular weight is 357 g/mol. The van der Waals surface area contributed by atoms with Crippen LogP contribution in [0.25, 0.3) is 0 Å². The molecule has 24 heavy (non-hydrogen) atoms. The molecular weight excluding hydrogens is 328 g/mol. The van der Waals surface area contributed by atoms with Crippen molar-refractivity contribution in [2.24, 2.45) is 11.7 Å². The molecule has 2 rings (SSSR count). The van der Waals surface area contributed by atoms with E-state index in [0.29, 0.717) is 30.4 Å². The number of halogens is 1. The third kappa shape index (κ3) is 5.56. The van der Waals surface area contributed by atoms with Crippen molar-refractivity contribution < 1.29 is 14.3 Å². The van der Waals surface area contributed by atoms with Crippen LogP contribution in [0.1, 0.15) is 37.7 Å². The van der Waals surface area contributed by atoms with Gasteiger partial charge in [-0.2, -0.15) is 0 Å². The first-order valence-corrected chi connectivity index (χ1v) is 8.38. The van der Waals surface area contributed by atoms with Crippen LogP contribution in [0.4, 0.5) is 0 Å². The number of nitrogens with two attached hydrogens (primary N) is 1. The number of ether oxygens (including phenoxy) is 2. The number of rotatable bonds is 7. The Morgan fingerprint density at radius 1 is 1.21 bits per heavy atom. The molecule has 0 heterocycles. The second-order valence-corrected chi connectivity index (χ2v) is 6.17. The number of methoxy groups -OCH3 is 2. The highest BCUT2D eigenvalue weighted by Crippen LogP contribution is 2.28. The monoisotopic (exact) mass is 356 g/mol. The number of benzene rings is 1. The summed E-state index contributed by atoms with van der Waals surface area (Å²) in [6.45, 7) is 0.502. The third-order valence-electron chi connectivity index (χ3n) is 4.63. The molecule has 1 aliphatic rings. The topological polar surface area (TPSA) is 73.6 Å². The maximum Gasteiger partial charge on any atom is 0.224 e.